The molecule has 3 aromatic heterocycles. The van der Waals surface area contributed by atoms with Crippen molar-refractivity contribution >= 4 is 45.3 Å². The molecule has 1 amide bonds. The first-order valence-corrected chi connectivity index (χ1v) is 12.8. The average Bonchev–Trinajstić information content (AvgIpc) is 3.42. The second-order valence-electron chi connectivity index (χ2n) is 7.40. The molecule has 1 aliphatic carbocycles. The molecule has 3 heterocycles. The van der Waals surface area contributed by atoms with Crippen LogP contribution in [0, 0.1) is 25.2 Å². The number of thioether (sulfide) groups is 1. The van der Waals surface area contributed by atoms with Crippen molar-refractivity contribution in [1.82, 2.24) is 14.8 Å². The van der Waals surface area contributed by atoms with E-state index >= 15 is 0 Å². The summed E-state index contributed by atoms with van der Waals surface area (Å²) >= 11 is 4.58. The molecule has 0 spiro atoms. The molecular weight excluding hydrogens is 446 g/mol. The summed E-state index contributed by atoms with van der Waals surface area (Å²) in [7, 11) is 0. The normalized spacial score (nSPS) is 12.9. The molecule has 0 aliphatic heterocycles. The summed E-state index contributed by atoms with van der Waals surface area (Å²) in [6.07, 6.45) is 5.97. The molecular formula is C22H23N5OS3. The highest BCUT2D eigenvalue weighted by atomic mass is 32.2. The zero-order chi connectivity index (χ0) is 22.0. The molecule has 1 aliphatic rings. The van der Waals surface area contributed by atoms with E-state index in [-0.39, 0.29) is 11.7 Å². The molecule has 3 aromatic rings. The molecule has 31 heavy (non-hydrogen) atoms. The van der Waals surface area contributed by atoms with E-state index in [0.717, 1.165) is 42.6 Å². The Morgan fingerprint density at radius 2 is 2.19 bits per heavy atom. The van der Waals surface area contributed by atoms with Gasteiger partial charge in [0.15, 0.2) is 11.0 Å². The fraction of sp³-hybridized carbons (Fsp3) is 0.364. The first-order valence-electron chi connectivity index (χ1n) is 10.1. The number of nitriles is 1. The fourth-order valence-electron chi connectivity index (χ4n) is 3.69. The summed E-state index contributed by atoms with van der Waals surface area (Å²) in [5, 5.41) is 24.7. The van der Waals surface area contributed by atoms with Crippen molar-refractivity contribution in [2.24, 2.45) is 0 Å². The summed E-state index contributed by atoms with van der Waals surface area (Å²) in [4.78, 5) is 15.2. The van der Waals surface area contributed by atoms with Crippen LogP contribution >= 0.6 is 34.4 Å². The Hall–Kier alpha value is -2.41. The van der Waals surface area contributed by atoms with Gasteiger partial charge >= 0.3 is 0 Å². The Kier molecular flexibility index (Phi) is 6.60. The number of anilines is 1. The van der Waals surface area contributed by atoms with Crippen LogP contribution in [0.4, 0.5) is 5.00 Å². The third-order valence-electron chi connectivity index (χ3n) is 5.42. The largest absolute Gasteiger partial charge is 0.316 e. The summed E-state index contributed by atoms with van der Waals surface area (Å²) in [5.74, 6) is 0.851. The molecule has 6 nitrogen and oxygen atoms in total. The van der Waals surface area contributed by atoms with Gasteiger partial charge in [-0.3, -0.25) is 9.36 Å². The minimum atomic E-state index is -0.141. The minimum absolute atomic E-state index is 0.141. The van der Waals surface area contributed by atoms with Gasteiger partial charge in [0.25, 0.3) is 0 Å². The number of thiophene rings is 2. The van der Waals surface area contributed by atoms with E-state index in [0.29, 0.717) is 22.3 Å². The van der Waals surface area contributed by atoms with Crippen LogP contribution in [0.1, 0.15) is 39.3 Å². The minimum Gasteiger partial charge on any atom is -0.316 e. The highest BCUT2D eigenvalue weighted by molar-refractivity contribution is 7.99. The molecule has 0 fully saturated rings. The zero-order valence-electron chi connectivity index (χ0n) is 17.5. The van der Waals surface area contributed by atoms with Gasteiger partial charge in [-0.2, -0.15) is 5.26 Å². The Morgan fingerprint density at radius 1 is 1.39 bits per heavy atom. The van der Waals surface area contributed by atoms with Crippen molar-refractivity contribution in [1.29, 1.82) is 5.26 Å². The highest BCUT2D eigenvalue weighted by Crippen LogP contribution is 2.38. The number of aromatic nitrogens is 3. The second-order valence-corrected chi connectivity index (χ2v) is 10.5. The topological polar surface area (TPSA) is 83.6 Å². The third kappa shape index (κ3) is 4.33. The summed E-state index contributed by atoms with van der Waals surface area (Å²) in [6.45, 7) is 8.59. The van der Waals surface area contributed by atoms with Gasteiger partial charge in [-0.25, -0.2) is 0 Å². The van der Waals surface area contributed by atoms with Crippen LogP contribution in [0.5, 0.6) is 0 Å². The van der Waals surface area contributed by atoms with Crippen LogP contribution in [-0.2, 0) is 24.2 Å². The Bertz CT molecular complexity index is 1180. The number of allylic oxidation sites excluding steroid dienone is 1. The molecule has 0 bridgehead atoms. The number of hydrogen-bond acceptors (Lipinski definition) is 7. The number of amides is 1. The molecule has 1 N–H and O–H groups in total. The van der Waals surface area contributed by atoms with Crippen molar-refractivity contribution in [2.45, 2.75) is 51.2 Å². The highest BCUT2D eigenvalue weighted by Gasteiger charge is 2.22. The van der Waals surface area contributed by atoms with Crippen LogP contribution in [0.15, 0.2) is 23.2 Å². The Morgan fingerprint density at radius 3 is 2.90 bits per heavy atom. The molecule has 0 radical (unpaired) electrons. The van der Waals surface area contributed by atoms with Crippen LogP contribution in [-0.4, -0.2) is 26.4 Å². The van der Waals surface area contributed by atoms with E-state index in [1.807, 2.05) is 4.57 Å². The lowest BCUT2D eigenvalue weighted by Gasteiger charge is -2.09. The van der Waals surface area contributed by atoms with Crippen molar-refractivity contribution in [2.75, 3.05) is 11.1 Å². The summed E-state index contributed by atoms with van der Waals surface area (Å²) in [5.41, 5.74) is 4.02. The molecule has 0 unspecified atom stereocenters. The standard InChI is InChI=1S/C22H23N5OS3/c1-4-9-27-20(17-11-29-14(3)13(17)2)25-26-22(27)30-12-19(28)24-21-16(10-23)15-7-5-6-8-18(15)31-21/h4,11H,1,5-9,12H2,2-3H3,(H,24,28). The van der Waals surface area contributed by atoms with Crippen LogP contribution < -0.4 is 5.32 Å². The van der Waals surface area contributed by atoms with E-state index in [9.17, 15) is 10.1 Å². The molecule has 0 atom stereocenters. The fourth-order valence-corrected chi connectivity index (χ4v) is 6.55. The van der Waals surface area contributed by atoms with E-state index < -0.39 is 0 Å². The lowest BCUT2D eigenvalue weighted by molar-refractivity contribution is -0.113. The maximum absolute atomic E-state index is 12.7. The van der Waals surface area contributed by atoms with Gasteiger partial charge in [-0.15, -0.1) is 39.4 Å². The van der Waals surface area contributed by atoms with E-state index in [1.165, 1.54) is 27.1 Å². The third-order valence-corrected chi connectivity index (χ3v) is 8.61. The predicted molar refractivity (Wildman–Crippen MR) is 128 cm³/mol. The first kappa shape index (κ1) is 21.8. The summed E-state index contributed by atoms with van der Waals surface area (Å²) < 4.78 is 1.99. The monoisotopic (exact) mass is 469 g/mol. The molecule has 0 saturated heterocycles. The van der Waals surface area contributed by atoms with Gasteiger partial charge in [-0.05, 0) is 50.7 Å². The molecule has 160 valence electrons. The Labute approximate surface area is 194 Å². The summed E-state index contributed by atoms with van der Waals surface area (Å²) in [6, 6.07) is 2.29. The molecule has 9 heteroatoms. The van der Waals surface area contributed by atoms with Crippen molar-refractivity contribution < 1.29 is 4.79 Å². The number of carbonyl (C=O) groups excluding carboxylic acids is 1. The smallest absolute Gasteiger partial charge is 0.235 e. The maximum Gasteiger partial charge on any atom is 0.235 e. The lowest BCUT2D eigenvalue weighted by atomic mass is 9.96. The molecule has 0 saturated carbocycles. The van der Waals surface area contributed by atoms with Crippen molar-refractivity contribution in [3.63, 3.8) is 0 Å². The SMILES string of the molecule is C=CCn1c(SCC(=O)Nc2sc3c(c2C#N)CCCC3)nnc1-c1csc(C)c1C. The Balaban J connectivity index is 1.49. The van der Waals surface area contributed by atoms with Gasteiger partial charge in [0.2, 0.25) is 5.91 Å². The molecule has 4 rings (SSSR count). The van der Waals surface area contributed by atoms with E-state index in [4.69, 9.17) is 0 Å². The zero-order valence-corrected chi connectivity index (χ0v) is 20.0. The van der Waals surface area contributed by atoms with Gasteiger partial charge in [0.05, 0.1) is 11.3 Å². The van der Waals surface area contributed by atoms with Gasteiger partial charge in [-0.1, -0.05) is 17.8 Å². The first-order chi connectivity index (χ1) is 15.0. The van der Waals surface area contributed by atoms with Crippen LogP contribution in [0.25, 0.3) is 11.4 Å². The number of carbonyl (C=O) groups is 1. The van der Waals surface area contributed by atoms with Gasteiger partial charge in [0, 0.05) is 27.2 Å². The van der Waals surface area contributed by atoms with Gasteiger partial charge < -0.3 is 5.32 Å². The number of nitrogens with zero attached hydrogens (tertiary/aromatic N) is 4. The number of fused-ring (bicyclic) bond motifs is 1. The predicted octanol–water partition coefficient (Wildman–Crippen LogP) is 5.35. The number of hydrogen-bond donors (Lipinski definition) is 1. The van der Waals surface area contributed by atoms with E-state index in [2.05, 4.69) is 47.4 Å². The van der Waals surface area contributed by atoms with Crippen LogP contribution in [0.2, 0.25) is 0 Å². The number of aryl methyl sites for hydroxylation is 2. The number of nitrogens with one attached hydrogen (secondary N) is 1. The quantitative estimate of drug-likeness (QED) is 0.372. The second kappa shape index (κ2) is 9.39. The van der Waals surface area contributed by atoms with Crippen LogP contribution in [0.3, 0.4) is 0 Å². The number of rotatable bonds is 7. The average molecular weight is 470 g/mol. The van der Waals surface area contributed by atoms with E-state index in [1.54, 1.807) is 28.7 Å². The molecule has 0 aromatic carbocycles. The van der Waals surface area contributed by atoms with Crippen molar-refractivity contribution in [3.05, 3.63) is 44.5 Å². The van der Waals surface area contributed by atoms with Gasteiger partial charge in [0.1, 0.15) is 11.1 Å². The maximum atomic E-state index is 12.7. The van der Waals surface area contributed by atoms with Crippen molar-refractivity contribution in [3.8, 4) is 17.5 Å². The lowest BCUT2D eigenvalue weighted by Crippen LogP contribution is -2.14.